The number of aromatic nitrogens is 2. The second kappa shape index (κ2) is 5.59. The van der Waals surface area contributed by atoms with Gasteiger partial charge in [-0.05, 0) is 31.8 Å². The van der Waals surface area contributed by atoms with E-state index in [0.717, 1.165) is 43.1 Å². The minimum atomic E-state index is 0.382. The van der Waals surface area contributed by atoms with Crippen LogP contribution in [0.4, 0.5) is 0 Å². The summed E-state index contributed by atoms with van der Waals surface area (Å²) in [7, 11) is 0. The SMILES string of the molecule is CC(C)c1nsc(OCCC2CCNC2)n1. The second-order valence-corrected chi connectivity index (χ2v) is 5.28. The van der Waals surface area contributed by atoms with E-state index in [1.165, 1.54) is 18.0 Å². The number of ether oxygens (including phenoxy) is 1. The standard InChI is InChI=1S/C11H19N3OS/c1-8(2)10-13-11(16-14-10)15-6-4-9-3-5-12-7-9/h8-9,12H,3-7H2,1-2H3. The van der Waals surface area contributed by atoms with Gasteiger partial charge in [-0.1, -0.05) is 13.8 Å². The molecule has 1 atom stereocenters. The molecular weight excluding hydrogens is 222 g/mol. The molecule has 1 aromatic rings. The summed E-state index contributed by atoms with van der Waals surface area (Å²) < 4.78 is 9.88. The van der Waals surface area contributed by atoms with Gasteiger partial charge < -0.3 is 10.1 Å². The number of hydrogen-bond acceptors (Lipinski definition) is 5. The van der Waals surface area contributed by atoms with E-state index >= 15 is 0 Å². The van der Waals surface area contributed by atoms with Gasteiger partial charge in [-0.2, -0.15) is 9.36 Å². The molecule has 0 amide bonds. The first kappa shape index (κ1) is 11.8. The fourth-order valence-corrected chi connectivity index (χ4v) is 2.48. The zero-order valence-electron chi connectivity index (χ0n) is 9.90. The van der Waals surface area contributed by atoms with E-state index in [1.807, 2.05) is 0 Å². The van der Waals surface area contributed by atoms with Gasteiger partial charge >= 0.3 is 0 Å². The molecule has 1 fully saturated rings. The third-order valence-corrected chi connectivity index (χ3v) is 3.50. The van der Waals surface area contributed by atoms with E-state index in [4.69, 9.17) is 4.74 Å². The van der Waals surface area contributed by atoms with E-state index in [0.29, 0.717) is 5.92 Å². The van der Waals surface area contributed by atoms with Crippen LogP contribution in [0, 0.1) is 5.92 Å². The molecule has 90 valence electrons. The summed E-state index contributed by atoms with van der Waals surface area (Å²) in [5.74, 6) is 2.05. The lowest BCUT2D eigenvalue weighted by Gasteiger charge is -2.07. The lowest BCUT2D eigenvalue weighted by Crippen LogP contribution is -2.11. The molecule has 1 saturated heterocycles. The minimum absolute atomic E-state index is 0.382. The van der Waals surface area contributed by atoms with Gasteiger partial charge in [-0.15, -0.1) is 0 Å². The maximum Gasteiger partial charge on any atom is 0.293 e. The van der Waals surface area contributed by atoms with E-state index in [-0.39, 0.29) is 0 Å². The van der Waals surface area contributed by atoms with E-state index in [1.54, 1.807) is 0 Å². The van der Waals surface area contributed by atoms with Crippen LogP contribution < -0.4 is 10.1 Å². The number of rotatable bonds is 5. The van der Waals surface area contributed by atoms with Crippen molar-refractivity contribution in [2.45, 2.75) is 32.6 Å². The molecule has 1 aromatic heterocycles. The normalized spacial score (nSPS) is 20.6. The smallest absolute Gasteiger partial charge is 0.293 e. The summed E-state index contributed by atoms with van der Waals surface area (Å²) in [4.78, 5) is 4.34. The van der Waals surface area contributed by atoms with Gasteiger partial charge in [0.25, 0.3) is 5.19 Å². The van der Waals surface area contributed by atoms with Crippen LogP contribution in [0.1, 0.15) is 38.4 Å². The molecule has 2 rings (SSSR count). The van der Waals surface area contributed by atoms with Crippen molar-refractivity contribution < 1.29 is 4.74 Å². The first-order chi connectivity index (χ1) is 7.75. The summed E-state index contributed by atoms with van der Waals surface area (Å²) in [6, 6.07) is 0. The van der Waals surface area contributed by atoms with Crippen LogP contribution in [0.2, 0.25) is 0 Å². The molecule has 0 spiro atoms. The molecule has 0 saturated carbocycles. The molecule has 0 aromatic carbocycles. The maximum absolute atomic E-state index is 5.62. The van der Waals surface area contributed by atoms with Crippen LogP contribution >= 0.6 is 11.5 Å². The highest BCUT2D eigenvalue weighted by atomic mass is 32.1. The summed E-state index contributed by atoms with van der Waals surface area (Å²) >= 11 is 1.36. The highest BCUT2D eigenvalue weighted by Crippen LogP contribution is 2.20. The molecule has 16 heavy (non-hydrogen) atoms. The zero-order valence-corrected chi connectivity index (χ0v) is 10.7. The first-order valence-electron chi connectivity index (χ1n) is 5.93. The monoisotopic (exact) mass is 241 g/mol. The van der Waals surface area contributed by atoms with Gasteiger partial charge in [0.05, 0.1) is 6.61 Å². The number of hydrogen-bond donors (Lipinski definition) is 1. The Bertz CT molecular complexity index is 321. The van der Waals surface area contributed by atoms with E-state index in [2.05, 4.69) is 28.5 Å². The average molecular weight is 241 g/mol. The van der Waals surface area contributed by atoms with Crippen LogP contribution in [-0.4, -0.2) is 29.1 Å². The van der Waals surface area contributed by atoms with Gasteiger partial charge in [0.1, 0.15) is 5.82 Å². The van der Waals surface area contributed by atoms with Gasteiger partial charge in [0.2, 0.25) is 0 Å². The molecule has 0 bridgehead atoms. The molecule has 2 heterocycles. The van der Waals surface area contributed by atoms with Gasteiger partial charge in [-0.25, -0.2) is 0 Å². The molecule has 5 heteroatoms. The molecule has 1 aliphatic rings. The Morgan fingerprint density at radius 1 is 1.56 bits per heavy atom. The largest absolute Gasteiger partial charge is 0.469 e. The van der Waals surface area contributed by atoms with Crippen molar-refractivity contribution in [3.8, 4) is 5.19 Å². The average Bonchev–Trinajstić information content (AvgIpc) is 2.87. The Kier molecular flexibility index (Phi) is 4.12. The highest BCUT2D eigenvalue weighted by Gasteiger charge is 2.14. The Morgan fingerprint density at radius 3 is 3.06 bits per heavy atom. The van der Waals surface area contributed by atoms with Gasteiger partial charge in [0.15, 0.2) is 0 Å². The van der Waals surface area contributed by atoms with Crippen LogP contribution in [0.3, 0.4) is 0 Å². The fourth-order valence-electron chi connectivity index (χ4n) is 1.79. The Balaban J connectivity index is 1.72. The second-order valence-electron chi connectivity index (χ2n) is 4.57. The van der Waals surface area contributed by atoms with Crippen LogP contribution in [0.5, 0.6) is 5.19 Å². The zero-order chi connectivity index (χ0) is 11.4. The van der Waals surface area contributed by atoms with Crippen molar-refractivity contribution in [1.29, 1.82) is 0 Å². The molecule has 1 aliphatic heterocycles. The maximum atomic E-state index is 5.62. The minimum Gasteiger partial charge on any atom is -0.469 e. The van der Waals surface area contributed by atoms with Crippen molar-refractivity contribution in [3.63, 3.8) is 0 Å². The molecule has 0 aliphatic carbocycles. The Labute approximate surface area is 101 Å². The molecular formula is C11H19N3OS. The summed E-state index contributed by atoms with van der Waals surface area (Å²) in [5.41, 5.74) is 0. The lowest BCUT2D eigenvalue weighted by molar-refractivity contribution is 0.282. The third kappa shape index (κ3) is 3.15. The highest BCUT2D eigenvalue weighted by molar-refractivity contribution is 7.07. The quantitative estimate of drug-likeness (QED) is 0.857. The number of nitrogens with one attached hydrogen (secondary N) is 1. The van der Waals surface area contributed by atoms with Crippen molar-refractivity contribution >= 4 is 11.5 Å². The number of nitrogens with zero attached hydrogens (tertiary/aromatic N) is 2. The lowest BCUT2D eigenvalue weighted by atomic mass is 10.1. The van der Waals surface area contributed by atoms with E-state index < -0.39 is 0 Å². The molecule has 1 unspecified atom stereocenters. The van der Waals surface area contributed by atoms with Crippen molar-refractivity contribution in [1.82, 2.24) is 14.7 Å². The van der Waals surface area contributed by atoms with Crippen LogP contribution in [0.15, 0.2) is 0 Å². The predicted octanol–water partition coefficient (Wildman–Crippen LogP) is 2.04. The predicted molar refractivity (Wildman–Crippen MR) is 65.1 cm³/mol. The molecule has 1 N–H and O–H groups in total. The van der Waals surface area contributed by atoms with Crippen molar-refractivity contribution in [2.75, 3.05) is 19.7 Å². The van der Waals surface area contributed by atoms with Gasteiger partial charge in [0, 0.05) is 17.5 Å². The summed E-state index contributed by atoms with van der Waals surface area (Å²) in [5, 5.41) is 4.08. The third-order valence-electron chi connectivity index (χ3n) is 2.85. The summed E-state index contributed by atoms with van der Waals surface area (Å²) in [6.45, 7) is 7.24. The van der Waals surface area contributed by atoms with Gasteiger partial charge in [-0.3, -0.25) is 0 Å². The van der Waals surface area contributed by atoms with Crippen LogP contribution in [0.25, 0.3) is 0 Å². The summed E-state index contributed by atoms with van der Waals surface area (Å²) in [6.07, 6.45) is 2.39. The Morgan fingerprint density at radius 2 is 2.44 bits per heavy atom. The van der Waals surface area contributed by atoms with Crippen molar-refractivity contribution in [2.24, 2.45) is 5.92 Å². The molecule has 4 nitrogen and oxygen atoms in total. The van der Waals surface area contributed by atoms with Crippen molar-refractivity contribution in [3.05, 3.63) is 5.82 Å². The fraction of sp³-hybridized carbons (Fsp3) is 0.818. The van der Waals surface area contributed by atoms with E-state index in [9.17, 15) is 0 Å². The Hall–Kier alpha value is -0.680. The topological polar surface area (TPSA) is 47.0 Å². The van der Waals surface area contributed by atoms with Crippen LogP contribution in [-0.2, 0) is 0 Å². The first-order valence-corrected chi connectivity index (χ1v) is 6.70. The molecule has 0 radical (unpaired) electrons.